The lowest BCUT2D eigenvalue weighted by atomic mass is 9.65. The van der Waals surface area contributed by atoms with Crippen LogP contribution in [0, 0.1) is 41.2 Å². The highest BCUT2D eigenvalue weighted by molar-refractivity contribution is 5.30. The molecule has 1 aromatic carbocycles. The van der Waals surface area contributed by atoms with Crippen molar-refractivity contribution in [3.63, 3.8) is 0 Å². The molecule has 0 heterocycles. The first-order valence-electron chi connectivity index (χ1n) is 14.3. The summed E-state index contributed by atoms with van der Waals surface area (Å²) >= 11 is 0. The van der Waals surface area contributed by atoms with Gasteiger partial charge in [0.15, 0.2) is 11.6 Å². The first kappa shape index (κ1) is 25.9. The van der Waals surface area contributed by atoms with Crippen molar-refractivity contribution in [2.45, 2.75) is 116 Å². The van der Waals surface area contributed by atoms with Crippen LogP contribution in [-0.2, 0) is 11.3 Å². The maximum atomic E-state index is 14.3. The first-order chi connectivity index (χ1) is 16.6. The Bertz CT molecular complexity index is 742. The van der Waals surface area contributed by atoms with Crippen molar-refractivity contribution in [1.82, 2.24) is 0 Å². The monoisotopic (exact) mass is 476 g/mol. The number of halogens is 2. The van der Waals surface area contributed by atoms with Gasteiger partial charge in [-0.05, 0) is 113 Å². The zero-order valence-electron chi connectivity index (χ0n) is 21.5. The molecule has 4 rings (SSSR count). The summed E-state index contributed by atoms with van der Waals surface area (Å²) in [6.45, 7) is 4.54. The van der Waals surface area contributed by atoms with Gasteiger partial charge in [-0.2, -0.15) is 4.39 Å². The number of ether oxygens (including phenoxy) is 2. The Labute approximate surface area is 206 Å². The molecule has 3 fully saturated rings. The molecule has 3 aliphatic rings. The second-order valence-electron chi connectivity index (χ2n) is 11.4. The molecule has 4 heteroatoms. The van der Waals surface area contributed by atoms with Gasteiger partial charge >= 0.3 is 0 Å². The van der Waals surface area contributed by atoms with E-state index < -0.39 is 11.6 Å². The summed E-state index contributed by atoms with van der Waals surface area (Å²) < 4.78 is 39.6. The van der Waals surface area contributed by atoms with Crippen LogP contribution in [0.3, 0.4) is 0 Å². The molecule has 192 valence electrons. The van der Waals surface area contributed by atoms with E-state index >= 15 is 0 Å². The fraction of sp³-hybridized carbons (Fsp3) is 0.800. The molecule has 0 N–H and O–H groups in total. The van der Waals surface area contributed by atoms with Crippen LogP contribution < -0.4 is 4.74 Å². The Morgan fingerprint density at radius 3 is 1.76 bits per heavy atom. The van der Waals surface area contributed by atoms with Crippen LogP contribution in [0.5, 0.6) is 5.75 Å². The van der Waals surface area contributed by atoms with Gasteiger partial charge in [-0.3, -0.25) is 0 Å². The lowest BCUT2D eigenvalue weighted by molar-refractivity contribution is -0.00527. The van der Waals surface area contributed by atoms with Crippen molar-refractivity contribution in [2.75, 3.05) is 6.61 Å². The highest BCUT2D eigenvalue weighted by Crippen LogP contribution is 2.46. The van der Waals surface area contributed by atoms with Crippen LogP contribution >= 0.6 is 0 Å². The quantitative estimate of drug-likeness (QED) is 0.354. The van der Waals surface area contributed by atoms with E-state index in [0.29, 0.717) is 6.61 Å². The topological polar surface area (TPSA) is 18.5 Å². The van der Waals surface area contributed by atoms with Crippen LogP contribution in [0.2, 0.25) is 0 Å². The summed E-state index contributed by atoms with van der Waals surface area (Å²) in [4.78, 5) is 0. The van der Waals surface area contributed by atoms with Crippen LogP contribution in [0.4, 0.5) is 8.78 Å². The maximum absolute atomic E-state index is 14.3. The average Bonchev–Trinajstić information content (AvgIpc) is 2.88. The molecule has 0 aliphatic heterocycles. The lowest BCUT2D eigenvalue weighted by Gasteiger charge is -2.41. The highest BCUT2D eigenvalue weighted by Gasteiger charge is 2.34. The van der Waals surface area contributed by atoms with Crippen molar-refractivity contribution in [3.8, 4) is 5.75 Å². The zero-order valence-corrected chi connectivity index (χ0v) is 21.5. The minimum absolute atomic E-state index is 0.0249. The molecule has 1 aromatic rings. The maximum Gasteiger partial charge on any atom is 0.200 e. The van der Waals surface area contributed by atoms with Gasteiger partial charge in [0.2, 0.25) is 5.82 Å². The summed E-state index contributed by atoms with van der Waals surface area (Å²) in [6.07, 6.45) is 19.2. The lowest BCUT2D eigenvalue weighted by Crippen LogP contribution is -2.31. The smallest absolute Gasteiger partial charge is 0.200 e. The van der Waals surface area contributed by atoms with Gasteiger partial charge in [0.05, 0.1) is 19.3 Å². The van der Waals surface area contributed by atoms with Crippen LogP contribution in [-0.4, -0.2) is 12.7 Å². The van der Waals surface area contributed by atoms with E-state index in [1.54, 1.807) is 13.0 Å². The second-order valence-corrected chi connectivity index (χ2v) is 11.4. The SMILES string of the molecule is CCCC1CCC(C2CCC(C3CCC(OCc4ccc(OCC)c(F)c4F)CC3)CC2)CC1. The molecule has 3 saturated carbocycles. The molecule has 2 nitrogen and oxygen atoms in total. The molecule has 0 aromatic heterocycles. The van der Waals surface area contributed by atoms with Gasteiger partial charge in [0, 0.05) is 5.56 Å². The Morgan fingerprint density at radius 2 is 1.24 bits per heavy atom. The number of hydrogen-bond donors (Lipinski definition) is 0. The van der Waals surface area contributed by atoms with E-state index in [9.17, 15) is 8.78 Å². The highest BCUT2D eigenvalue weighted by atomic mass is 19.2. The van der Waals surface area contributed by atoms with Crippen molar-refractivity contribution in [3.05, 3.63) is 29.3 Å². The number of rotatable bonds is 9. The molecule has 3 aliphatic carbocycles. The van der Waals surface area contributed by atoms with E-state index in [1.165, 1.54) is 83.1 Å². The molecule has 0 amide bonds. The minimum atomic E-state index is -0.906. The van der Waals surface area contributed by atoms with E-state index in [2.05, 4.69) is 6.92 Å². The normalized spacial score (nSPS) is 32.5. The molecular formula is C30H46F2O2. The molecule has 0 spiro atoms. The molecule has 0 radical (unpaired) electrons. The minimum Gasteiger partial charge on any atom is -0.491 e. The summed E-state index contributed by atoms with van der Waals surface area (Å²) in [5, 5.41) is 0. The van der Waals surface area contributed by atoms with Gasteiger partial charge in [-0.25, -0.2) is 4.39 Å². The molecule has 0 unspecified atom stereocenters. The predicted octanol–water partition coefficient (Wildman–Crippen LogP) is 8.85. The van der Waals surface area contributed by atoms with Crippen LogP contribution in [0.1, 0.15) is 109 Å². The standard InChI is InChI=1S/C30H46F2O2/c1-3-5-21-6-8-22(9-7-21)23-10-12-24(13-11-23)25-14-17-27(18-15-25)34-20-26-16-19-28(33-4-2)30(32)29(26)31/h16,19,21-25,27H,3-15,17-18,20H2,1-2H3. The number of benzene rings is 1. The molecule has 34 heavy (non-hydrogen) atoms. The summed E-state index contributed by atoms with van der Waals surface area (Å²) in [6, 6.07) is 3.09. The first-order valence-corrected chi connectivity index (χ1v) is 14.3. The molecule has 0 atom stereocenters. The van der Waals surface area contributed by atoms with E-state index in [1.807, 2.05) is 0 Å². The van der Waals surface area contributed by atoms with Crippen LogP contribution in [0.25, 0.3) is 0 Å². The second kappa shape index (κ2) is 12.7. The Morgan fingerprint density at radius 1 is 0.706 bits per heavy atom. The summed E-state index contributed by atoms with van der Waals surface area (Å²) in [5.74, 6) is 2.97. The molecular weight excluding hydrogens is 430 g/mol. The largest absolute Gasteiger partial charge is 0.491 e. The van der Waals surface area contributed by atoms with E-state index in [4.69, 9.17) is 9.47 Å². The summed E-state index contributed by atoms with van der Waals surface area (Å²) in [7, 11) is 0. The number of hydrogen-bond acceptors (Lipinski definition) is 2. The third-order valence-corrected chi connectivity index (χ3v) is 9.36. The average molecular weight is 477 g/mol. The van der Waals surface area contributed by atoms with Gasteiger partial charge in [0.25, 0.3) is 0 Å². The van der Waals surface area contributed by atoms with Crippen molar-refractivity contribution >= 4 is 0 Å². The van der Waals surface area contributed by atoms with Gasteiger partial charge in [-0.1, -0.05) is 32.6 Å². The summed E-state index contributed by atoms with van der Waals surface area (Å²) in [5.41, 5.74) is 0.283. The van der Waals surface area contributed by atoms with E-state index in [0.717, 1.165) is 42.4 Å². The predicted molar refractivity (Wildman–Crippen MR) is 134 cm³/mol. The van der Waals surface area contributed by atoms with Gasteiger partial charge in [-0.15, -0.1) is 0 Å². The van der Waals surface area contributed by atoms with Crippen molar-refractivity contribution in [1.29, 1.82) is 0 Å². The van der Waals surface area contributed by atoms with E-state index in [-0.39, 0.29) is 24.0 Å². The third-order valence-electron chi connectivity index (χ3n) is 9.36. The van der Waals surface area contributed by atoms with Gasteiger partial charge in [0.1, 0.15) is 0 Å². The molecule has 0 saturated heterocycles. The molecule has 0 bridgehead atoms. The fourth-order valence-corrected chi connectivity index (χ4v) is 7.33. The van der Waals surface area contributed by atoms with Crippen molar-refractivity contribution in [2.24, 2.45) is 29.6 Å². The Balaban J connectivity index is 1.16. The Hall–Kier alpha value is -1.16. The van der Waals surface area contributed by atoms with Gasteiger partial charge < -0.3 is 9.47 Å². The fourth-order valence-electron chi connectivity index (χ4n) is 7.33. The third kappa shape index (κ3) is 6.53. The zero-order chi connectivity index (χ0) is 23.9. The Kier molecular flexibility index (Phi) is 9.68. The van der Waals surface area contributed by atoms with Crippen LogP contribution in [0.15, 0.2) is 12.1 Å². The van der Waals surface area contributed by atoms with Crippen molar-refractivity contribution < 1.29 is 18.3 Å².